The van der Waals surface area contributed by atoms with Crippen molar-refractivity contribution in [1.82, 2.24) is 10.2 Å². The summed E-state index contributed by atoms with van der Waals surface area (Å²) in [4.78, 5) is 28.3. The van der Waals surface area contributed by atoms with E-state index in [1.165, 1.54) is 4.90 Å². The number of amides is 2. The van der Waals surface area contributed by atoms with Gasteiger partial charge in [0.1, 0.15) is 12.6 Å². The van der Waals surface area contributed by atoms with Gasteiger partial charge in [-0.3, -0.25) is 13.9 Å². The van der Waals surface area contributed by atoms with E-state index in [9.17, 15) is 18.0 Å². The van der Waals surface area contributed by atoms with Gasteiger partial charge in [0.15, 0.2) is 0 Å². The van der Waals surface area contributed by atoms with Crippen LogP contribution < -0.4 is 9.62 Å². The van der Waals surface area contributed by atoms with Crippen LogP contribution >= 0.6 is 39.1 Å². The summed E-state index contributed by atoms with van der Waals surface area (Å²) >= 11 is 15.8. The van der Waals surface area contributed by atoms with E-state index < -0.39 is 28.5 Å². The highest BCUT2D eigenvalue weighted by Gasteiger charge is 2.32. The van der Waals surface area contributed by atoms with Crippen molar-refractivity contribution in [1.29, 1.82) is 0 Å². The SMILES string of the molecule is CC[C@@H](C)NC(=O)[C@@H](CC)N(Cc1ccc(Cl)cc1Cl)C(=O)CN(c1ccc(Br)c(C)c1)S(C)(=O)=O. The fraction of sp³-hybridized carbons (Fsp3) is 0.440. The minimum atomic E-state index is -3.81. The normalized spacial score (nSPS) is 13.1. The summed E-state index contributed by atoms with van der Waals surface area (Å²) in [6.45, 7) is 7.01. The Morgan fingerprint density at radius 2 is 1.75 bits per heavy atom. The third-order valence-electron chi connectivity index (χ3n) is 5.85. The molecule has 0 saturated heterocycles. The minimum Gasteiger partial charge on any atom is -0.352 e. The summed E-state index contributed by atoms with van der Waals surface area (Å²) in [6.07, 6.45) is 2.10. The van der Waals surface area contributed by atoms with Crippen molar-refractivity contribution in [2.75, 3.05) is 17.1 Å². The Labute approximate surface area is 232 Å². The second-order valence-electron chi connectivity index (χ2n) is 8.70. The fourth-order valence-corrected chi connectivity index (χ4v) is 5.15. The number of carbonyl (C=O) groups excluding carboxylic acids is 2. The number of rotatable bonds is 11. The molecule has 0 spiro atoms. The molecule has 0 radical (unpaired) electrons. The Kier molecular flexibility index (Phi) is 11.1. The number of anilines is 1. The quantitative estimate of drug-likeness (QED) is 0.357. The topological polar surface area (TPSA) is 86.8 Å². The number of nitrogens with one attached hydrogen (secondary N) is 1. The maximum Gasteiger partial charge on any atom is 0.244 e. The lowest BCUT2D eigenvalue weighted by molar-refractivity contribution is -0.140. The highest BCUT2D eigenvalue weighted by molar-refractivity contribution is 9.10. The molecule has 0 saturated carbocycles. The number of benzene rings is 2. The number of nitrogens with zero attached hydrogens (tertiary/aromatic N) is 2. The molecule has 0 aliphatic rings. The highest BCUT2D eigenvalue weighted by atomic mass is 79.9. The summed E-state index contributed by atoms with van der Waals surface area (Å²) in [6, 6.07) is 9.04. The monoisotopic (exact) mass is 619 g/mol. The van der Waals surface area contributed by atoms with E-state index >= 15 is 0 Å². The zero-order chi connectivity index (χ0) is 27.2. The van der Waals surface area contributed by atoms with E-state index in [2.05, 4.69) is 21.2 Å². The zero-order valence-electron chi connectivity index (χ0n) is 21.0. The van der Waals surface area contributed by atoms with Gasteiger partial charge in [0.05, 0.1) is 11.9 Å². The average Bonchev–Trinajstić information content (AvgIpc) is 2.79. The summed E-state index contributed by atoms with van der Waals surface area (Å²) in [7, 11) is -3.81. The molecule has 0 aromatic heterocycles. The Bertz CT molecular complexity index is 1210. The predicted molar refractivity (Wildman–Crippen MR) is 150 cm³/mol. The van der Waals surface area contributed by atoms with E-state index in [1.54, 1.807) is 43.3 Å². The average molecular weight is 621 g/mol. The summed E-state index contributed by atoms with van der Waals surface area (Å²) in [5.41, 5.74) is 1.76. The van der Waals surface area contributed by atoms with Crippen LogP contribution in [0.4, 0.5) is 5.69 Å². The first-order chi connectivity index (χ1) is 16.8. The van der Waals surface area contributed by atoms with E-state index in [1.807, 2.05) is 20.8 Å². The number of hydrogen-bond acceptors (Lipinski definition) is 4. The van der Waals surface area contributed by atoms with E-state index in [0.29, 0.717) is 27.7 Å². The third-order valence-corrected chi connectivity index (χ3v) is 8.47. The molecule has 0 fully saturated rings. The minimum absolute atomic E-state index is 0.0121. The van der Waals surface area contributed by atoms with Crippen molar-refractivity contribution < 1.29 is 18.0 Å². The van der Waals surface area contributed by atoms with Crippen molar-refractivity contribution in [3.63, 3.8) is 0 Å². The molecule has 7 nitrogen and oxygen atoms in total. The Morgan fingerprint density at radius 1 is 1.08 bits per heavy atom. The lowest BCUT2D eigenvalue weighted by atomic mass is 10.1. The van der Waals surface area contributed by atoms with E-state index in [-0.39, 0.29) is 18.5 Å². The molecule has 2 rings (SSSR count). The number of halogens is 3. The van der Waals surface area contributed by atoms with Gasteiger partial charge in [0.2, 0.25) is 21.8 Å². The van der Waals surface area contributed by atoms with Crippen molar-refractivity contribution in [3.05, 3.63) is 62.0 Å². The number of carbonyl (C=O) groups is 2. The first-order valence-corrected chi connectivity index (χ1v) is 15.0. The molecule has 36 heavy (non-hydrogen) atoms. The molecule has 0 unspecified atom stereocenters. The summed E-state index contributed by atoms with van der Waals surface area (Å²) < 4.78 is 27.3. The lowest BCUT2D eigenvalue weighted by Gasteiger charge is -2.33. The van der Waals surface area contributed by atoms with Crippen LogP contribution in [-0.4, -0.2) is 50.0 Å². The number of sulfonamides is 1. The predicted octanol–water partition coefficient (Wildman–Crippen LogP) is 5.55. The lowest BCUT2D eigenvalue weighted by Crippen LogP contribution is -2.53. The van der Waals surface area contributed by atoms with E-state index in [4.69, 9.17) is 23.2 Å². The molecule has 0 bridgehead atoms. The van der Waals surface area contributed by atoms with Gasteiger partial charge in [-0.15, -0.1) is 0 Å². The molecule has 0 heterocycles. The van der Waals surface area contributed by atoms with Crippen molar-refractivity contribution in [2.24, 2.45) is 0 Å². The van der Waals surface area contributed by atoms with Gasteiger partial charge < -0.3 is 10.2 Å². The fourth-order valence-electron chi connectivity index (χ4n) is 3.59. The zero-order valence-corrected chi connectivity index (χ0v) is 24.9. The second kappa shape index (κ2) is 13.1. The van der Waals surface area contributed by atoms with Crippen molar-refractivity contribution in [2.45, 2.75) is 59.2 Å². The molecule has 2 aromatic carbocycles. The molecule has 2 amide bonds. The molecule has 11 heteroatoms. The molecule has 2 aromatic rings. The van der Waals surface area contributed by atoms with Crippen LogP contribution in [0.1, 0.15) is 44.7 Å². The molecular formula is C25H32BrCl2N3O4S. The molecule has 198 valence electrons. The summed E-state index contributed by atoms with van der Waals surface area (Å²) in [5, 5.41) is 3.72. The van der Waals surface area contributed by atoms with E-state index in [0.717, 1.165) is 27.0 Å². The Morgan fingerprint density at radius 3 is 2.28 bits per heavy atom. The Hall–Kier alpha value is -1.81. The van der Waals surface area contributed by atoms with Gasteiger partial charge in [-0.05, 0) is 68.1 Å². The maximum absolute atomic E-state index is 13.7. The van der Waals surface area contributed by atoms with Gasteiger partial charge >= 0.3 is 0 Å². The first kappa shape index (κ1) is 30.4. The maximum atomic E-state index is 13.7. The molecule has 2 atom stereocenters. The first-order valence-electron chi connectivity index (χ1n) is 11.6. The number of hydrogen-bond donors (Lipinski definition) is 1. The van der Waals surface area contributed by atoms with Crippen molar-refractivity contribution >= 4 is 66.7 Å². The molecule has 0 aliphatic heterocycles. The smallest absolute Gasteiger partial charge is 0.244 e. The molecule has 1 N–H and O–H groups in total. The van der Waals surface area contributed by atoms with Gasteiger partial charge in [0.25, 0.3) is 0 Å². The van der Waals surface area contributed by atoms with Crippen LogP contribution in [-0.2, 0) is 26.2 Å². The highest BCUT2D eigenvalue weighted by Crippen LogP contribution is 2.27. The van der Waals surface area contributed by atoms with Crippen LogP contribution in [0, 0.1) is 6.92 Å². The molecular weight excluding hydrogens is 589 g/mol. The van der Waals surface area contributed by atoms with Crippen LogP contribution in [0.15, 0.2) is 40.9 Å². The van der Waals surface area contributed by atoms with Gasteiger partial charge in [-0.1, -0.05) is 59.0 Å². The number of aryl methyl sites for hydroxylation is 1. The van der Waals surface area contributed by atoms with Crippen LogP contribution in [0.2, 0.25) is 10.0 Å². The largest absolute Gasteiger partial charge is 0.352 e. The van der Waals surface area contributed by atoms with Gasteiger partial charge in [-0.2, -0.15) is 0 Å². The molecule has 0 aliphatic carbocycles. The standard InChI is InChI=1S/C25H32BrCl2N3O4S/c1-6-17(4)29-25(33)23(7-2)30(14-18-8-9-19(27)13-22(18)28)24(32)15-31(36(5,34)35)20-10-11-21(26)16(3)12-20/h8-13,17,23H,6-7,14-15H2,1-5H3,(H,29,33)/t17-,23-/m1/s1. The van der Waals surface area contributed by atoms with Crippen molar-refractivity contribution in [3.8, 4) is 0 Å². The van der Waals surface area contributed by atoms with Crippen LogP contribution in [0.3, 0.4) is 0 Å². The van der Waals surface area contributed by atoms with Gasteiger partial charge in [0, 0.05) is 27.1 Å². The van der Waals surface area contributed by atoms with Crippen LogP contribution in [0.25, 0.3) is 0 Å². The second-order valence-corrected chi connectivity index (χ2v) is 12.3. The summed E-state index contributed by atoms with van der Waals surface area (Å²) in [5.74, 6) is -0.839. The Balaban J connectivity index is 2.50. The van der Waals surface area contributed by atoms with Crippen LogP contribution in [0.5, 0.6) is 0 Å². The third kappa shape index (κ3) is 8.10. The van der Waals surface area contributed by atoms with Gasteiger partial charge in [-0.25, -0.2) is 8.42 Å².